The Morgan fingerprint density at radius 2 is 1.90 bits per heavy atom. The molecular formula is C24H30N2O3S. The summed E-state index contributed by atoms with van der Waals surface area (Å²) < 4.78 is 5.30. The molecule has 1 heterocycles. The predicted octanol–water partition coefficient (Wildman–Crippen LogP) is 3.63. The van der Waals surface area contributed by atoms with Gasteiger partial charge in [0, 0.05) is 50.1 Å². The van der Waals surface area contributed by atoms with Gasteiger partial charge in [-0.25, -0.2) is 0 Å². The zero-order chi connectivity index (χ0) is 21.1. The number of rotatable bonds is 5. The highest BCUT2D eigenvalue weighted by atomic mass is 32.1. The summed E-state index contributed by atoms with van der Waals surface area (Å²) in [5, 5.41) is 2.36. The van der Waals surface area contributed by atoms with Gasteiger partial charge in [-0.3, -0.25) is 9.59 Å². The van der Waals surface area contributed by atoms with Crippen molar-refractivity contribution >= 4 is 35.2 Å². The molecule has 0 N–H and O–H groups in total. The smallest absolute Gasteiger partial charge is 0.254 e. The van der Waals surface area contributed by atoms with Crippen molar-refractivity contribution in [3.05, 3.63) is 48.0 Å². The molecule has 1 aliphatic heterocycles. The fraction of sp³-hybridized carbons (Fsp3) is 0.500. The summed E-state index contributed by atoms with van der Waals surface area (Å²) in [6.07, 6.45) is 3.51. The van der Waals surface area contributed by atoms with Crippen LogP contribution in [-0.4, -0.2) is 66.3 Å². The number of thiol groups is 1. The summed E-state index contributed by atoms with van der Waals surface area (Å²) in [7, 11) is 1.68. The Hall–Kier alpha value is -2.05. The van der Waals surface area contributed by atoms with Crippen LogP contribution in [0.3, 0.4) is 0 Å². The molecule has 1 aliphatic carbocycles. The van der Waals surface area contributed by atoms with Gasteiger partial charge in [-0.05, 0) is 42.5 Å². The van der Waals surface area contributed by atoms with E-state index in [9.17, 15) is 9.59 Å². The number of hydrogen-bond donors (Lipinski definition) is 1. The summed E-state index contributed by atoms with van der Waals surface area (Å²) in [6, 6.07) is 13.8. The number of methoxy groups -OCH3 is 1. The molecule has 0 spiro atoms. The first kappa shape index (κ1) is 21.2. The Morgan fingerprint density at radius 3 is 2.67 bits per heavy atom. The summed E-state index contributed by atoms with van der Waals surface area (Å²) in [5.41, 5.74) is 0.729. The molecule has 2 aliphatic rings. The molecule has 2 fully saturated rings. The van der Waals surface area contributed by atoms with Crippen LogP contribution in [0, 0.1) is 5.92 Å². The molecule has 2 amide bonds. The third kappa shape index (κ3) is 4.35. The van der Waals surface area contributed by atoms with Crippen LogP contribution in [0.2, 0.25) is 0 Å². The summed E-state index contributed by atoms with van der Waals surface area (Å²) in [6.45, 7) is 2.27. The van der Waals surface area contributed by atoms with Gasteiger partial charge in [-0.2, -0.15) is 12.6 Å². The van der Waals surface area contributed by atoms with Gasteiger partial charge in [0.2, 0.25) is 5.91 Å². The quantitative estimate of drug-likeness (QED) is 0.743. The number of carbonyl (C=O) groups is 2. The Kier molecular flexibility index (Phi) is 6.64. The van der Waals surface area contributed by atoms with E-state index in [0.29, 0.717) is 31.5 Å². The molecule has 2 aromatic carbocycles. The topological polar surface area (TPSA) is 49.9 Å². The summed E-state index contributed by atoms with van der Waals surface area (Å²) >= 11 is 4.56. The second kappa shape index (κ2) is 9.40. The van der Waals surface area contributed by atoms with Gasteiger partial charge in [-0.1, -0.05) is 36.4 Å². The Morgan fingerprint density at radius 1 is 1.10 bits per heavy atom. The number of carbonyl (C=O) groups excluding carboxylic acids is 2. The predicted molar refractivity (Wildman–Crippen MR) is 122 cm³/mol. The fourth-order valence-electron chi connectivity index (χ4n) is 4.83. The first-order chi connectivity index (χ1) is 14.6. The van der Waals surface area contributed by atoms with Gasteiger partial charge in [0.05, 0.1) is 6.04 Å². The van der Waals surface area contributed by atoms with Crippen LogP contribution in [0.1, 0.15) is 36.0 Å². The molecule has 0 radical (unpaired) electrons. The normalized spacial score (nSPS) is 24.4. The molecule has 0 aromatic heterocycles. The lowest BCUT2D eigenvalue weighted by Gasteiger charge is -2.42. The minimum atomic E-state index is -0.0101. The van der Waals surface area contributed by atoms with E-state index in [1.165, 1.54) is 0 Å². The second-order valence-corrected chi connectivity index (χ2v) is 9.14. The first-order valence-electron chi connectivity index (χ1n) is 10.8. The maximum Gasteiger partial charge on any atom is 0.254 e. The van der Waals surface area contributed by atoms with Crippen molar-refractivity contribution in [1.82, 2.24) is 9.80 Å². The van der Waals surface area contributed by atoms with Crippen LogP contribution in [0.5, 0.6) is 0 Å². The van der Waals surface area contributed by atoms with E-state index in [4.69, 9.17) is 4.74 Å². The van der Waals surface area contributed by atoms with E-state index >= 15 is 0 Å². The van der Waals surface area contributed by atoms with Crippen molar-refractivity contribution in [2.75, 3.05) is 33.4 Å². The number of nitrogens with zero attached hydrogens (tertiary/aromatic N) is 2. The van der Waals surface area contributed by atoms with Crippen molar-refractivity contribution < 1.29 is 14.3 Å². The van der Waals surface area contributed by atoms with E-state index in [1.807, 2.05) is 52.3 Å². The lowest BCUT2D eigenvalue weighted by molar-refractivity contribution is -0.140. The van der Waals surface area contributed by atoms with Crippen molar-refractivity contribution in [1.29, 1.82) is 0 Å². The monoisotopic (exact) mass is 426 g/mol. The average Bonchev–Trinajstić information content (AvgIpc) is 3.22. The Balaban J connectivity index is 1.52. The molecule has 160 valence electrons. The summed E-state index contributed by atoms with van der Waals surface area (Å²) in [5.74, 6) is 0.334. The Bertz CT molecular complexity index is 913. The Labute approximate surface area is 183 Å². The van der Waals surface area contributed by atoms with Crippen molar-refractivity contribution in [3.8, 4) is 0 Å². The van der Waals surface area contributed by atoms with E-state index in [0.717, 1.165) is 42.0 Å². The molecule has 1 saturated heterocycles. The van der Waals surface area contributed by atoms with Crippen LogP contribution < -0.4 is 0 Å². The molecule has 0 unspecified atom stereocenters. The van der Waals surface area contributed by atoms with Gasteiger partial charge < -0.3 is 14.5 Å². The number of hydrogen-bond acceptors (Lipinski definition) is 4. The highest BCUT2D eigenvalue weighted by Crippen LogP contribution is 2.32. The van der Waals surface area contributed by atoms with E-state index in [1.54, 1.807) is 7.11 Å². The standard InChI is InChI=1S/C24H30N2O3S/c1-29-14-11-19-16-25(12-13-26(19)23(27)18-9-10-20(30)15-18)24(28)22-8-4-6-17-5-2-3-7-21(17)22/h2-8,18-20,30H,9-16H2,1H3/t18-,19-,20+/m0/s1. The molecule has 5 nitrogen and oxygen atoms in total. The maximum absolute atomic E-state index is 13.4. The molecule has 1 saturated carbocycles. The second-order valence-electron chi connectivity index (χ2n) is 8.41. The number of amides is 2. The van der Waals surface area contributed by atoms with E-state index < -0.39 is 0 Å². The molecular weight excluding hydrogens is 396 g/mol. The third-order valence-electron chi connectivity index (χ3n) is 6.48. The molecule has 4 rings (SSSR count). The number of ether oxygens (including phenoxy) is 1. The minimum absolute atomic E-state index is 0.0101. The van der Waals surface area contributed by atoms with E-state index in [-0.39, 0.29) is 23.8 Å². The SMILES string of the molecule is COCC[C@H]1CN(C(=O)c2cccc3ccccc23)CCN1C(=O)[C@H]1CC[C@@H](S)C1. The molecule has 0 bridgehead atoms. The zero-order valence-corrected chi connectivity index (χ0v) is 18.4. The van der Waals surface area contributed by atoms with Gasteiger partial charge in [0.25, 0.3) is 5.91 Å². The van der Waals surface area contributed by atoms with Crippen LogP contribution >= 0.6 is 12.6 Å². The average molecular weight is 427 g/mol. The van der Waals surface area contributed by atoms with Crippen LogP contribution in [-0.2, 0) is 9.53 Å². The molecule has 30 heavy (non-hydrogen) atoms. The molecule has 2 aromatic rings. The highest BCUT2D eigenvalue weighted by Gasteiger charge is 2.37. The summed E-state index contributed by atoms with van der Waals surface area (Å²) in [4.78, 5) is 30.5. The van der Waals surface area contributed by atoms with Gasteiger partial charge in [0.1, 0.15) is 0 Å². The van der Waals surface area contributed by atoms with Crippen molar-refractivity contribution in [2.24, 2.45) is 5.92 Å². The number of fused-ring (bicyclic) bond motifs is 1. The largest absolute Gasteiger partial charge is 0.385 e. The lowest BCUT2D eigenvalue weighted by atomic mass is 10.00. The van der Waals surface area contributed by atoms with Gasteiger partial charge in [-0.15, -0.1) is 0 Å². The first-order valence-corrected chi connectivity index (χ1v) is 11.3. The van der Waals surface area contributed by atoms with Gasteiger partial charge >= 0.3 is 0 Å². The molecule has 6 heteroatoms. The zero-order valence-electron chi connectivity index (χ0n) is 17.5. The van der Waals surface area contributed by atoms with Gasteiger partial charge in [0.15, 0.2) is 0 Å². The minimum Gasteiger partial charge on any atom is -0.385 e. The fourth-order valence-corrected chi connectivity index (χ4v) is 5.23. The highest BCUT2D eigenvalue weighted by molar-refractivity contribution is 7.80. The van der Waals surface area contributed by atoms with Crippen LogP contribution in [0.4, 0.5) is 0 Å². The lowest BCUT2D eigenvalue weighted by Crippen LogP contribution is -2.57. The van der Waals surface area contributed by atoms with Crippen LogP contribution in [0.15, 0.2) is 42.5 Å². The number of piperazine rings is 1. The van der Waals surface area contributed by atoms with E-state index in [2.05, 4.69) is 12.6 Å². The maximum atomic E-state index is 13.4. The number of benzene rings is 2. The third-order valence-corrected chi connectivity index (χ3v) is 6.95. The molecule has 3 atom stereocenters. The van der Waals surface area contributed by atoms with Crippen molar-refractivity contribution in [2.45, 2.75) is 37.0 Å². The van der Waals surface area contributed by atoms with Crippen LogP contribution in [0.25, 0.3) is 10.8 Å². The van der Waals surface area contributed by atoms with Crippen molar-refractivity contribution in [3.63, 3.8) is 0 Å².